The largest absolute Gasteiger partial charge is 0.376 e. The summed E-state index contributed by atoms with van der Waals surface area (Å²) < 4.78 is 13.2. The van der Waals surface area contributed by atoms with Gasteiger partial charge in [-0.3, -0.25) is 9.59 Å². The van der Waals surface area contributed by atoms with Gasteiger partial charge in [0.05, 0.1) is 11.6 Å². The summed E-state index contributed by atoms with van der Waals surface area (Å²) in [4.78, 5) is 24.3. The topological polar surface area (TPSA) is 70.2 Å². The van der Waals surface area contributed by atoms with E-state index in [4.69, 9.17) is 11.6 Å². The van der Waals surface area contributed by atoms with E-state index in [1.165, 1.54) is 18.2 Å². The fraction of sp³-hybridized carbons (Fsp3) is 0.0476. The summed E-state index contributed by atoms with van der Waals surface area (Å²) in [5.41, 5.74) is 2.17. The van der Waals surface area contributed by atoms with Crippen LogP contribution < -0.4 is 16.0 Å². The van der Waals surface area contributed by atoms with E-state index in [-0.39, 0.29) is 23.4 Å². The number of carbonyl (C=O) groups is 2. The maximum Gasteiger partial charge on any atom is 0.255 e. The van der Waals surface area contributed by atoms with Gasteiger partial charge in [-0.1, -0.05) is 35.9 Å². The van der Waals surface area contributed by atoms with Gasteiger partial charge >= 0.3 is 0 Å². The molecule has 3 aromatic carbocycles. The molecule has 0 aliphatic carbocycles. The molecule has 5 nitrogen and oxygen atoms in total. The second-order valence-corrected chi connectivity index (χ2v) is 6.34. The van der Waals surface area contributed by atoms with Crippen molar-refractivity contribution in [1.29, 1.82) is 0 Å². The van der Waals surface area contributed by atoms with Crippen molar-refractivity contribution >= 4 is 40.5 Å². The van der Waals surface area contributed by atoms with Gasteiger partial charge in [-0.05, 0) is 48.5 Å². The van der Waals surface area contributed by atoms with Crippen molar-refractivity contribution in [2.45, 2.75) is 0 Å². The molecule has 0 bridgehead atoms. The monoisotopic (exact) mass is 397 g/mol. The lowest BCUT2D eigenvalue weighted by molar-refractivity contribution is -0.114. The molecule has 0 radical (unpaired) electrons. The van der Waals surface area contributed by atoms with Crippen LogP contribution in [0.1, 0.15) is 10.4 Å². The molecule has 0 aliphatic rings. The number of halogens is 2. The molecule has 3 N–H and O–H groups in total. The van der Waals surface area contributed by atoms with Gasteiger partial charge in [-0.25, -0.2) is 4.39 Å². The third-order valence-corrected chi connectivity index (χ3v) is 4.10. The zero-order valence-corrected chi connectivity index (χ0v) is 15.5. The number of nitrogens with one attached hydrogen (secondary N) is 3. The molecular weight excluding hydrogens is 381 g/mol. The lowest BCUT2D eigenvalue weighted by Gasteiger charge is -2.10. The molecule has 0 saturated heterocycles. The Labute approximate surface area is 166 Å². The first-order valence-corrected chi connectivity index (χ1v) is 8.84. The van der Waals surface area contributed by atoms with Gasteiger partial charge < -0.3 is 16.0 Å². The number of hydrogen-bond acceptors (Lipinski definition) is 3. The summed E-state index contributed by atoms with van der Waals surface area (Å²) in [6.45, 7) is -0.0252. The highest BCUT2D eigenvalue weighted by Crippen LogP contribution is 2.19. The van der Waals surface area contributed by atoms with Crippen LogP contribution in [0.3, 0.4) is 0 Å². The molecule has 0 atom stereocenters. The first-order valence-electron chi connectivity index (χ1n) is 8.46. The van der Waals surface area contributed by atoms with Crippen molar-refractivity contribution in [1.82, 2.24) is 0 Å². The molecule has 28 heavy (non-hydrogen) atoms. The first-order chi connectivity index (χ1) is 13.5. The van der Waals surface area contributed by atoms with E-state index in [0.717, 1.165) is 0 Å². The zero-order valence-electron chi connectivity index (χ0n) is 14.7. The summed E-state index contributed by atoms with van der Waals surface area (Å²) in [6, 6.07) is 19.8. The van der Waals surface area contributed by atoms with E-state index in [9.17, 15) is 14.0 Å². The molecule has 0 fully saturated rings. The van der Waals surface area contributed by atoms with Gasteiger partial charge in [0.15, 0.2) is 0 Å². The number of benzene rings is 3. The van der Waals surface area contributed by atoms with Crippen LogP contribution >= 0.6 is 11.6 Å². The Morgan fingerprint density at radius 2 is 1.54 bits per heavy atom. The highest BCUT2D eigenvalue weighted by Gasteiger charge is 2.08. The van der Waals surface area contributed by atoms with Gasteiger partial charge in [0.1, 0.15) is 5.82 Å². The highest BCUT2D eigenvalue weighted by atomic mass is 35.5. The van der Waals surface area contributed by atoms with Crippen molar-refractivity contribution in [3.05, 3.63) is 89.2 Å². The Balaban J connectivity index is 1.57. The van der Waals surface area contributed by atoms with Crippen LogP contribution in [0.4, 0.5) is 21.5 Å². The van der Waals surface area contributed by atoms with Gasteiger partial charge in [0.2, 0.25) is 5.91 Å². The highest BCUT2D eigenvalue weighted by molar-refractivity contribution is 6.31. The Morgan fingerprint density at radius 3 is 2.25 bits per heavy atom. The lowest BCUT2D eigenvalue weighted by atomic mass is 10.2. The van der Waals surface area contributed by atoms with Crippen LogP contribution in [0, 0.1) is 5.82 Å². The van der Waals surface area contributed by atoms with Gasteiger partial charge in [0.25, 0.3) is 5.91 Å². The number of hydrogen-bond donors (Lipinski definition) is 3. The minimum atomic E-state index is -0.522. The van der Waals surface area contributed by atoms with Gasteiger partial charge in [-0.2, -0.15) is 0 Å². The van der Waals surface area contributed by atoms with E-state index >= 15 is 0 Å². The third-order valence-electron chi connectivity index (χ3n) is 3.81. The Morgan fingerprint density at radius 1 is 0.821 bits per heavy atom. The lowest BCUT2D eigenvalue weighted by Crippen LogP contribution is -2.21. The molecule has 7 heteroatoms. The van der Waals surface area contributed by atoms with Crippen LogP contribution in [0.15, 0.2) is 72.8 Å². The molecule has 0 spiro atoms. The normalized spacial score (nSPS) is 10.2. The third kappa shape index (κ3) is 5.31. The molecule has 0 aromatic heterocycles. The second-order valence-electron chi connectivity index (χ2n) is 5.93. The number of carbonyl (C=O) groups excluding carboxylic acids is 2. The average molecular weight is 398 g/mol. The molecule has 0 unspecified atom stereocenters. The van der Waals surface area contributed by atoms with E-state index < -0.39 is 5.82 Å². The van der Waals surface area contributed by atoms with Gasteiger partial charge in [0, 0.05) is 22.6 Å². The number of anilines is 3. The van der Waals surface area contributed by atoms with Crippen molar-refractivity contribution in [3.63, 3.8) is 0 Å². The van der Waals surface area contributed by atoms with E-state index in [1.807, 2.05) is 6.07 Å². The standard InChI is InChI=1S/C21H17ClFN3O2/c22-18-12-15(9-10-19(18)23)24-13-20(27)25-16-7-4-8-17(11-16)26-21(28)14-5-2-1-3-6-14/h1-12,24H,13H2,(H,25,27)(H,26,28). The Bertz CT molecular complexity index is 996. The minimum Gasteiger partial charge on any atom is -0.376 e. The molecule has 2 amide bonds. The smallest absolute Gasteiger partial charge is 0.255 e. The maximum atomic E-state index is 13.2. The van der Waals surface area contributed by atoms with Crippen LogP contribution in [0.5, 0.6) is 0 Å². The fourth-order valence-corrected chi connectivity index (χ4v) is 2.64. The van der Waals surface area contributed by atoms with Crippen LogP contribution in [0.2, 0.25) is 5.02 Å². The average Bonchev–Trinajstić information content (AvgIpc) is 2.70. The molecule has 0 aliphatic heterocycles. The number of rotatable bonds is 6. The predicted octanol–water partition coefficient (Wildman–Crippen LogP) is 4.78. The van der Waals surface area contributed by atoms with Crippen LogP contribution in [-0.2, 0) is 4.79 Å². The van der Waals surface area contributed by atoms with Gasteiger partial charge in [-0.15, -0.1) is 0 Å². The summed E-state index contributed by atoms with van der Waals surface area (Å²) in [6.07, 6.45) is 0. The van der Waals surface area contributed by atoms with E-state index in [2.05, 4.69) is 16.0 Å². The van der Waals surface area contributed by atoms with E-state index in [0.29, 0.717) is 22.6 Å². The molecule has 0 heterocycles. The minimum absolute atomic E-state index is 0.0210. The van der Waals surface area contributed by atoms with Crippen molar-refractivity contribution < 1.29 is 14.0 Å². The van der Waals surface area contributed by atoms with Crippen LogP contribution in [0.25, 0.3) is 0 Å². The first kappa shape index (κ1) is 19.4. The number of amides is 2. The Hall–Kier alpha value is -3.38. The van der Waals surface area contributed by atoms with Crippen molar-refractivity contribution in [2.75, 3.05) is 22.5 Å². The van der Waals surface area contributed by atoms with Crippen molar-refractivity contribution in [3.8, 4) is 0 Å². The summed E-state index contributed by atoms with van der Waals surface area (Å²) in [5.74, 6) is -1.06. The Kier molecular flexibility index (Phi) is 6.24. The zero-order chi connectivity index (χ0) is 19.9. The molecule has 3 rings (SSSR count). The summed E-state index contributed by atoms with van der Waals surface area (Å²) >= 11 is 5.71. The molecule has 142 valence electrons. The predicted molar refractivity (Wildman–Crippen MR) is 109 cm³/mol. The quantitative estimate of drug-likeness (QED) is 0.560. The van der Waals surface area contributed by atoms with Crippen molar-refractivity contribution in [2.24, 2.45) is 0 Å². The second kappa shape index (κ2) is 9.01. The summed E-state index contributed by atoms with van der Waals surface area (Å²) in [7, 11) is 0. The fourth-order valence-electron chi connectivity index (χ4n) is 2.46. The molecule has 3 aromatic rings. The summed E-state index contributed by atoms with van der Waals surface area (Å²) in [5, 5.41) is 8.36. The molecule has 0 saturated carbocycles. The SMILES string of the molecule is O=C(CNc1ccc(F)c(Cl)c1)Nc1cccc(NC(=O)c2ccccc2)c1. The van der Waals surface area contributed by atoms with Crippen LogP contribution in [-0.4, -0.2) is 18.4 Å². The molecular formula is C21H17ClFN3O2. The van der Waals surface area contributed by atoms with E-state index in [1.54, 1.807) is 48.5 Å². The maximum absolute atomic E-state index is 13.2.